The molecule has 1 N–H and O–H groups in total. The Morgan fingerprint density at radius 3 is 2.96 bits per heavy atom. The van der Waals surface area contributed by atoms with Crippen molar-refractivity contribution in [2.24, 2.45) is 4.99 Å². The maximum atomic E-state index is 6.57. The number of aromatic nitrogens is 3. The summed E-state index contributed by atoms with van der Waals surface area (Å²) in [7, 11) is 0. The number of hydrogen-bond donors (Lipinski definition) is 1. The molecular formula is C19H18ClN5S. The third-order valence-electron chi connectivity index (χ3n) is 5.02. The molecule has 0 fully saturated rings. The number of halogens is 1. The van der Waals surface area contributed by atoms with Crippen molar-refractivity contribution in [2.75, 3.05) is 6.54 Å². The van der Waals surface area contributed by atoms with Crippen LogP contribution in [0.25, 0.3) is 5.00 Å². The van der Waals surface area contributed by atoms with Gasteiger partial charge in [0.25, 0.3) is 0 Å². The fraction of sp³-hybridized carbons (Fsp3) is 0.316. The first-order chi connectivity index (χ1) is 12.6. The fourth-order valence-electron chi connectivity index (χ4n) is 3.80. The zero-order valence-corrected chi connectivity index (χ0v) is 16.2. The number of nitrogens with one attached hydrogen (secondary N) is 1. The topological polar surface area (TPSA) is 55.1 Å². The summed E-state index contributed by atoms with van der Waals surface area (Å²) in [4.78, 5) is 6.45. The molecule has 2 aromatic heterocycles. The summed E-state index contributed by atoms with van der Waals surface area (Å²) in [6.07, 6.45) is 0.996. The number of aliphatic imine (C=N–C) groups is 1. The normalized spacial score (nSPS) is 18.6. The van der Waals surface area contributed by atoms with Gasteiger partial charge >= 0.3 is 0 Å². The highest BCUT2D eigenvalue weighted by atomic mass is 35.5. The second kappa shape index (κ2) is 6.01. The maximum absolute atomic E-state index is 6.57. The average Bonchev–Trinajstić information content (AvgIpc) is 3.17. The van der Waals surface area contributed by atoms with Gasteiger partial charge in [-0.05, 0) is 38.4 Å². The summed E-state index contributed by atoms with van der Waals surface area (Å²) < 4.78 is 2.18. The Kier molecular flexibility index (Phi) is 3.74. The van der Waals surface area contributed by atoms with E-state index in [-0.39, 0.29) is 6.04 Å². The zero-order valence-electron chi connectivity index (χ0n) is 14.6. The fourth-order valence-corrected chi connectivity index (χ4v) is 5.39. The van der Waals surface area contributed by atoms with Crippen LogP contribution in [0.5, 0.6) is 0 Å². The lowest BCUT2D eigenvalue weighted by Gasteiger charge is -2.16. The lowest BCUT2D eigenvalue weighted by molar-refractivity contribution is 0.654. The molecule has 4 heterocycles. The highest BCUT2D eigenvalue weighted by Crippen LogP contribution is 2.41. The average molecular weight is 384 g/mol. The van der Waals surface area contributed by atoms with Crippen LogP contribution in [-0.4, -0.2) is 27.0 Å². The SMILES string of the molecule is Cc1nnc2n1-c1sc3c(c1C(c1ccccc1Cl)=N[C@H]2C)CCNC3. The van der Waals surface area contributed by atoms with Crippen molar-refractivity contribution in [2.45, 2.75) is 32.9 Å². The van der Waals surface area contributed by atoms with Gasteiger partial charge in [-0.2, -0.15) is 0 Å². The van der Waals surface area contributed by atoms with Gasteiger partial charge in [-0.1, -0.05) is 29.8 Å². The van der Waals surface area contributed by atoms with E-state index >= 15 is 0 Å². The number of hydrogen-bond acceptors (Lipinski definition) is 5. The van der Waals surface area contributed by atoms with Crippen molar-refractivity contribution in [1.29, 1.82) is 0 Å². The van der Waals surface area contributed by atoms with Gasteiger partial charge in [-0.3, -0.25) is 9.56 Å². The summed E-state index contributed by atoms with van der Waals surface area (Å²) in [6, 6.07) is 7.88. The van der Waals surface area contributed by atoms with Crippen molar-refractivity contribution in [3.05, 3.63) is 62.5 Å². The van der Waals surface area contributed by atoms with Gasteiger partial charge in [0, 0.05) is 27.6 Å². The van der Waals surface area contributed by atoms with Gasteiger partial charge in [0.1, 0.15) is 16.9 Å². The third kappa shape index (κ3) is 2.29. The molecule has 0 saturated carbocycles. The van der Waals surface area contributed by atoms with Crippen LogP contribution in [0.1, 0.15) is 46.2 Å². The quantitative estimate of drug-likeness (QED) is 0.694. The molecule has 3 aromatic rings. The molecule has 0 saturated heterocycles. The minimum atomic E-state index is -0.0839. The van der Waals surface area contributed by atoms with E-state index in [0.717, 1.165) is 47.5 Å². The number of nitrogens with zero attached hydrogens (tertiary/aromatic N) is 4. The van der Waals surface area contributed by atoms with Gasteiger partial charge in [-0.15, -0.1) is 21.5 Å². The first kappa shape index (κ1) is 16.2. The van der Waals surface area contributed by atoms with Gasteiger partial charge in [-0.25, -0.2) is 0 Å². The van der Waals surface area contributed by atoms with E-state index in [2.05, 4.69) is 33.1 Å². The highest BCUT2D eigenvalue weighted by molar-refractivity contribution is 7.15. The van der Waals surface area contributed by atoms with E-state index in [1.165, 1.54) is 21.0 Å². The molecule has 0 radical (unpaired) electrons. The number of benzene rings is 1. The van der Waals surface area contributed by atoms with Crippen LogP contribution in [0, 0.1) is 6.92 Å². The minimum absolute atomic E-state index is 0.0839. The van der Waals surface area contributed by atoms with Crippen molar-refractivity contribution < 1.29 is 0 Å². The number of fused-ring (bicyclic) bond motifs is 5. The summed E-state index contributed by atoms with van der Waals surface area (Å²) in [5.41, 5.74) is 4.55. The van der Waals surface area contributed by atoms with Gasteiger partial charge in [0.15, 0.2) is 5.82 Å². The van der Waals surface area contributed by atoms with Crippen LogP contribution in [0.2, 0.25) is 5.02 Å². The Bertz CT molecular complexity index is 1050. The molecule has 26 heavy (non-hydrogen) atoms. The first-order valence-corrected chi connectivity index (χ1v) is 9.95. The van der Waals surface area contributed by atoms with Gasteiger partial charge < -0.3 is 5.32 Å². The van der Waals surface area contributed by atoms with Gasteiger partial charge in [0.05, 0.1) is 5.71 Å². The monoisotopic (exact) mass is 383 g/mol. The molecule has 5 nitrogen and oxygen atoms in total. The number of rotatable bonds is 1. The Labute approximate surface area is 160 Å². The van der Waals surface area contributed by atoms with Crippen LogP contribution >= 0.6 is 22.9 Å². The standard InChI is InChI=1S/C19H18ClN5S/c1-10-18-24-23-11(2)25(18)19-16(13-7-8-21-9-15(13)26-19)17(22-10)12-5-3-4-6-14(12)20/h3-6,10,21H,7-9H2,1-2H3/t10-/m0/s1. The highest BCUT2D eigenvalue weighted by Gasteiger charge is 2.32. The van der Waals surface area contributed by atoms with Crippen LogP contribution < -0.4 is 5.32 Å². The first-order valence-electron chi connectivity index (χ1n) is 8.75. The summed E-state index contributed by atoms with van der Waals surface area (Å²) in [6.45, 7) is 5.95. The lowest BCUT2D eigenvalue weighted by atomic mass is 9.96. The van der Waals surface area contributed by atoms with Gasteiger partial charge in [0.2, 0.25) is 0 Å². The molecule has 0 bridgehead atoms. The molecule has 0 spiro atoms. The zero-order chi connectivity index (χ0) is 17.8. The van der Waals surface area contributed by atoms with Crippen LogP contribution in [0.3, 0.4) is 0 Å². The Morgan fingerprint density at radius 2 is 2.12 bits per heavy atom. The van der Waals surface area contributed by atoms with E-state index in [0.29, 0.717) is 0 Å². The van der Waals surface area contributed by atoms with Crippen molar-refractivity contribution in [3.8, 4) is 5.00 Å². The third-order valence-corrected chi connectivity index (χ3v) is 6.57. The predicted molar refractivity (Wildman–Crippen MR) is 105 cm³/mol. The van der Waals surface area contributed by atoms with E-state index in [1.807, 2.05) is 36.5 Å². The second-order valence-electron chi connectivity index (χ2n) is 6.69. The number of thiophene rings is 1. The summed E-state index contributed by atoms with van der Waals surface area (Å²) in [5, 5.41) is 14.1. The molecule has 2 aliphatic rings. The lowest BCUT2D eigenvalue weighted by Crippen LogP contribution is -2.23. The molecule has 0 unspecified atom stereocenters. The van der Waals surface area contributed by atoms with Crippen molar-refractivity contribution in [3.63, 3.8) is 0 Å². The predicted octanol–water partition coefficient (Wildman–Crippen LogP) is 3.85. The molecule has 1 atom stereocenters. The molecule has 0 aliphatic carbocycles. The van der Waals surface area contributed by atoms with E-state index in [9.17, 15) is 0 Å². The van der Waals surface area contributed by atoms with E-state index in [4.69, 9.17) is 16.6 Å². The van der Waals surface area contributed by atoms with Crippen molar-refractivity contribution in [1.82, 2.24) is 20.1 Å². The molecule has 0 amide bonds. The molecule has 2 aliphatic heterocycles. The number of aryl methyl sites for hydroxylation is 1. The Balaban J connectivity index is 1.86. The van der Waals surface area contributed by atoms with Crippen LogP contribution in [0.15, 0.2) is 29.3 Å². The maximum Gasteiger partial charge on any atom is 0.162 e. The summed E-state index contributed by atoms with van der Waals surface area (Å²) >= 11 is 8.38. The molecule has 1 aromatic carbocycles. The minimum Gasteiger partial charge on any atom is -0.312 e. The second-order valence-corrected chi connectivity index (χ2v) is 8.18. The molecular weight excluding hydrogens is 366 g/mol. The Morgan fingerprint density at radius 1 is 1.27 bits per heavy atom. The van der Waals surface area contributed by atoms with Crippen molar-refractivity contribution >= 4 is 28.6 Å². The smallest absolute Gasteiger partial charge is 0.162 e. The summed E-state index contributed by atoms with van der Waals surface area (Å²) in [5.74, 6) is 1.78. The molecule has 7 heteroatoms. The van der Waals surface area contributed by atoms with Crippen LogP contribution in [0.4, 0.5) is 0 Å². The van der Waals surface area contributed by atoms with Crippen LogP contribution in [-0.2, 0) is 13.0 Å². The Hall–Kier alpha value is -2.02. The van der Waals surface area contributed by atoms with E-state index < -0.39 is 0 Å². The largest absolute Gasteiger partial charge is 0.312 e. The molecule has 132 valence electrons. The molecule has 5 rings (SSSR count). The van der Waals surface area contributed by atoms with E-state index in [1.54, 1.807) is 0 Å².